The monoisotopic (exact) mass is 318 g/mol. The maximum absolute atomic E-state index is 13.1. The Morgan fingerprint density at radius 3 is 2.90 bits per heavy atom. The molecule has 0 atom stereocenters. The summed E-state index contributed by atoms with van der Waals surface area (Å²) in [7, 11) is 0. The van der Waals surface area contributed by atoms with Gasteiger partial charge in [-0.3, -0.25) is 0 Å². The summed E-state index contributed by atoms with van der Waals surface area (Å²) in [6.07, 6.45) is 2.75. The van der Waals surface area contributed by atoms with Crippen LogP contribution in [0.3, 0.4) is 0 Å². The smallest absolute Gasteiger partial charge is 0.123 e. The summed E-state index contributed by atoms with van der Waals surface area (Å²) in [6.45, 7) is 1.57. The molecule has 2 aromatic heterocycles. The Kier molecular flexibility index (Phi) is 4.75. The molecular formula is C16H15FN2S2. The van der Waals surface area contributed by atoms with Crippen LogP contribution in [0.4, 0.5) is 4.39 Å². The fraction of sp³-hybridized carbons (Fsp3) is 0.188. The van der Waals surface area contributed by atoms with Gasteiger partial charge in [0.25, 0.3) is 0 Å². The second-order valence-corrected chi connectivity index (χ2v) is 6.72. The third kappa shape index (κ3) is 3.97. The zero-order chi connectivity index (χ0) is 14.5. The van der Waals surface area contributed by atoms with Crippen LogP contribution in [-0.2, 0) is 13.0 Å². The average molecular weight is 318 g/mol. The summed E-state index contributed by atoms with van der Waals surface area (Å²) >= 11 is 3.45. The molecule has 0 saturated heterocycles. The Bertz CT molecular complexity index is 692. The van der Waals surface area contributed by atoms with Gasteiger partial charge in [-0.2, -0.15) is 0 Å². The summed E-state index contributed by atoms with van der Waals surface area (Å²) < 4.78 is 13.1. The molecule has 0 spiro atoms. The first-order chi connectivity index (χ1) is 10.3. The molecule has 0 radical (unpaired) electrons. The molecule has 108 valence electrons. The van der Waals surface area contributed by atoms with Crippen molar-refractivity contribution in [1.29, 1.82) is 0 Å². The summed E-state index contributed by atoms with van der Waals surface area (Å²) in [5, 5.41) is 6.51. The average Bonchev–Trinajstić information content (AvgIpc) is 3.14. The third-order valence-corrected chi connectivity index (χ3v) is 5.14. The van der Waals surface area contributed by atoms with Gasteiger partial charge in [0.15, 0.2) is 0 Å². The van der Waals surface area contributed by atoms with Gasteiger partial charge in [0.2, 0.25) is 0 Å². The highest BCUT2D eigenvalue weighted by Crippen LogP contribution is 2.29. The topological polar surface area (TPSA) is 24.9 Å². The van der Waals surface area contributed by atoms with Crippen molar-refractivity contribution in [3.8, 4) is 9.75 Å². The molecule has 0 aliphatic rings. The Morgan fingerprint density at radius 2 is 2.10 bits per heavy atom. The number of hydrogen-bond donors (Lipinski definition) is 1. The molecule has 21 heavy (non-hydrogen) atoms. The number of nitrogens with zero attached hydrogens (tertiary/aromatic N) is 1. The van der Waals surface area contributed by atoms with Gasteiger partial charge in [-0.25, -0.2) is 9.37 Å². The number of hydrogen-bond acceptors (Lipinski definition) is 4. The quantitative estimate of drug-likeness (QED) is 0.684. The van der Waals surface area contributed by atoms with Crippen molar-refractivity contribution in [3.63, 3.8) is 0 Å². The highest BCUT2D eigenvalue weighted by molar-refractivity contribution is 7.21. The van der Waals surface area contributed by atoms with Crippen LogP contribution < -0.4 is 5.32 Å². The molecular weight excluding hydrogens is 303 g/mol. The molecule has 0 fully saturated rings. The fourth-order valence-electron chi connectivity index (χ4n) is 2.05. The van der Waals surface area contributed by atoms with Crippen LogP contribution in [0.5, 0.6) is 0 Å². The van der Waals surface area contributed by atoms with E-state index < -0.39 is 0 Å². The lowest BCUT2D eigenvalue weighted by atomic mass is 10.1. The van der Waals surface area contributed by atoms with Crippen LogP contribution in [0, 0.1) is 5.82 Å². The Labute approximate surface area is 131 Å². The fourth-order valence-corrected chi connectivity index (χ4v) is 3.75. The van der Waals surface area contributed by atoms with Crippen molar-refractivity contribution in [2.24, 2.45) is 0 Å². The van der Waals surface area contributed by atoms with E-state index in [0.717, 1.165) is 30.1 Å². The normalized spacial score (nSPS) is 10.9. The van der Waals surface area contributed by atoms with Crippen molar-refractivity contribution in [2.45, 2.75) is 13.0 Å². The van der Waals surface area contributed by atoms with E-state index >= 15 is 0 Å². The van der Waals surface area contributed by atoms with Gasteiger partial charge in [-0.05, 0) is 42.1 Å². The highest BCUT2D eigenvalue weighted by atomic mass is 32.1. The molecule has 2 nitrogen and oxygen atoms in total. The first-order valence-electron chi connectivity index (χ1n) is 6.75. The van der Waals surface area contributed by atoms with E-state index in [2.05, 4.69) is 27.8 Å². The van der Waals surface area contributed by atoms with Crippen LogP contribution in [0.2, 0.25) is 0 Å². The van der Waals surface area contributed by atoms with Crippen molar-refractivity contribution >= 4 is 22.7 Å². The predicted molar refractivity (Wildman–Crippen MR) is 87.2 cm³/mol. The zero-order valence-electron chi connectivity index (χ0n) is 11.4. The van der Waals surface area contributed by atoms with E-state index in [1.807, 2.05) is 12.3 Å². The molecule has 0 aliphatic carbocycles. The van der Waals surface area contributed by atoms with E-state index in [9.17, 15) is 4.39 Å². The first kappa shape index (κ1) is 14.4. The molecule has 3 rings (SSSR count). The SMILES string of the molecule is Fc1cccc(CCNCc2ncc(-c3cccs3)s2)c1. The predicted octanol–water partition coefficient (Wildman–Crippen LogP) is 4.34. The standard InChI is InChI=1S/C16H15FN2S2/c17-13-4-1-3-12(9-13)6-7-18-11-16-19-10-15(21-16)14-5-2-8-20-14/h1-5,8-10,18H,6-7,11H2. The van der Waals surface area contributed by atoms with Crippen LogP contribution in [0.15, 0.2) is 48.0 Å². The lowest BCUT2D eigenvalue weighted by molar-refractivity contribution is 0.622. The van der Waals surface area contributed by atoms with Gasteiger partial charge in [0.1, 0.15) is 10.8 Å². The van der Waals surface area contributed by atoms with Crippen LogP contribution in [0.1, 0.15) is 10.6 Å². The Balaban J connectivity index is 1.48. The Hall–Kier alpha value is -1.56. The van der Waals surface area contributed by atoms with Gasteiger partial charge < -0.3 is 5.32 Å². The lowest BCUT2D eigenvalue weighted by Gasteiger charge is -2.03. The van der Waals surface area contributed by atoms with Crippen LogP contribution in [0.25, 0.3) is 9.75 Å². The summed E-state index contributed by atoms with van der Waals surface area (Å²) in [5.74, 6) is -0.173. The van der Waals surface area contributed by atoms with Crippen molar-refractivity contribution in [1.82, 2.24) is 10.3 Å². The number of nitrogens with one attached hydrogen (secondary N) is 1. The molecule has 0 unspecified atom stereocenters. The van der Waals surface area contributed by atoms with Crippen LogP contribution >= 0.6 is 22.7 Å². The van der Waals surface area contributed by atoms with Gasteiger partial charge in [0.05, 0.1) is 4.88 Å². The van der Waals surface area contributed by atoms with Gasteiger partial charge in [0, 0.05) is 17.6 Å². The number of aromatic nitrogens is 1. The summed E-state index contributed by atoms with van der Waals surface area (Å²) in [4.78, 5) is 6.91. The third-order valence-electron chi connectivity index (χ3n) is 3.07. The van der Waals surface area contributed by atoms with Crippen molar-refractivity contribution in [2.75, 3.05) is 6.54 Å². The number of thiazole rings is 1. The molecule has 3 aromatic rings. The van der Waals surface area contributed by atoms with E-state index in [0.29, 0.717) is 0 Å². The second kappa shape index (κ2) is 6.93. The van der Waals surface area contributed by atoms with Crippen LogP contribution in [-0.4, -0.2) is 11.5 Å². The molecule has 0 amide bonds. The van der Waals surface area contributed by atoms with Gasteiger partial charge >= 0.3 is 0 Å². The first-order valence-corrected chi connectivity index (χ1v) is 8.44. The summed E-state index contributed by atoms with van der Waals surface area (Å²) in [5.41, 5.74) is 1.01. The van der Waals surface area contributed by atoms with Crippen molar-refractivity contribution in [3.05, 3.63) is 64.4 Å². The number of halogens is 1. The maximum atomic E-state index is 13.1. The number of thiophene rings is 1. The lowest BCUT2D eigenvalue weighted by Crippen LogP contribution is -2.16. The van der Waals surface area contributed by atoms with E-state index in [4.69, 9.17) is 0 Å². The summed E-state index contributed by atoms with van der Waals surface area (Å²) in [6, 6.07) is 10.9. The molecule has 1 aromatic carbocycles. The highest BCUT2D eigenvalue weighted by Gasteiger charge is 2.05. The Morgan fingerprint density at radius 1 is 1.14 bits per heavy atom. The minimum Gasteiger partial charge on any atom is -0.310 e. The molecule has 0 bridgehead atoms. The maximum Gasteiger partial charge on any atom is 0.123 e. The van der Waals surface area contributed by atoms with Gasteiger partial charge in [-0.15, -0.1) is 22.7 Å². The molecule has 0 saturated carbocycles. The minimum absolute atomic E-state index is 0.173. The van der Waals surface area contributed by atoms with Gasteiger partial charge in [-0.1, -0.05) is 18.2 Å². The molecule has 1 N–H and O–H groups in total. The largest absolute Gasteiger partial charge is 0.310 e. The number of rotatable bonds is 6. The van der Waals surface area contributed by atoms with E-state index in [1.165, 1.54) is 15.8 Å². The minimum atomic E-state index is -0.173. The zero-order valence-corrected chi connectivity index (χ0v) is 13.0. The molecule has 5 heteroatoms. The molecule has 2 heterocycles. The molecule has 0 aliphatic heterocycles. The van der Waals surface area contributed by atoms with E-state index in [1.54, 1.807) is 34.8 Å². The van der Waals surface area contributed by atoms with E-state index in [-0.39, 0.29) is 5.82 Å². The number of benzene rings is 1. The van der Waals surface area contributed by atoms with Crippen molar-refractivity contribution < 1.29 is 4.39 Å². The second-order valence-electron chi connectivity index (χ2n) is 4.65.